The number of hydrogen-bond acceptors (Lipinski definition) is 19. The van der Waals surface area contributed by atoms with Gasteiger partial charge in [0.2, 0.25) is 65.0 Å². The normalized spacial score (nSPS) is 25.1. The number of hydrogen-bond donors (Lipinski definition) is 12. The lowest BCUT2D eigenvalue weighted by atomic mass is 9.85. The van der Waals surface area contributed by atoms with E-state index in [0.29, 0.717) is 92.4 Å². The lowest BCUT2D eigenvalue weighted by Gasteiger charge is -2.32. The number of nitrogens with one attached hydrogen (secondary N) is 8. The van der Waals surface area contributed by atoms with E-state index in [-0.39, 0.29) is 65.3 Å². The van der Waals surface area contributed by atoms with Crippen LogP contribution in [0.4, 0.5) is 0 Å². The Bertz CT molecular complexity index is 3130. The second-order valence-electron chi connectivity index (χ2n) is 24.6. The van der Waals surface area contributed by atoms with Gasteiger partial charge in [0, 0.05) is 111 Å². The summed E-state index contributed by atoms with van der Waals surface area (Å²) in [5, 5.41) is 50.7. The molecule has 0 saturated carbocycles. The molecule has 93 heavy (non-hydrogen) atoms. The van der Waals surface area contributed by atoms with Crippen molar-refractivity contribution in [3.05, 3.63) is 23.3 Å². The Kier molecular flexibility index (Phi) is 28.7. The largest absolute Gasteiger partial charge is 0.496 e. The number of nitrogens with zero attached hydrogens (tertiary/aromatic N) is 2. The number of unbranched alkanes of at least 4 members (excludes halogenated alkanes) is 4. The van der Waals surface area contributed by atoms with Gasteiger partial charge in [0.25, 0.3) is 0 Å². The number of rotatable bonds is 25. The second kappa shape index (κ2) is 35.8. The number of carbonyl (C=O) groups excluding carboxylic acids is 13. The van der Waals surface area contributed by atoms with Gasteiger partial charge in [0.1, 0.15) is 28.9 Å². The number of aliphatic hydroxyl groups is 3. The molecule has 31 heteroatoms. The lowest BCUT2D eigenvalue weighted by Crippen LogP contribution is -2.60. The number of imide groups is 1. The summed E-state index contributed by atoms with van der Waals surface area (Å²) >= 11 is 1.40. The third kappa shape index (κ3) is 20.8. The number of nitrogens with two attached hydrogens (primary N) is 1. The zero-order valence-electron chi connectivity index (χ0n) is 53.4. The minimum atomic E-state index is -2.43. The summed E-state index contributed by atoms with van der Waals surface area (Å²) in [6.45, 7) is 4.87. The molecule has 5 heterocycles. The Hall–Kier alpha value is -7.35. The zero-order chi connectivity index (χ0) is 68.2. The Labute approximate surface area is 546 Å². The van der Waals surface area contributed by atoms with E-state index >= 15 is 4.21 Å². The summed E-state index contributed by atoms with van der Waals surface area (Å²) in [4.78, 5) is 182. The van der Waals surface area contributed by atoms with Crippen molar-refractivity contribution in [2.24, 2.45) is 35.3 Å². The Morgan fingerprint density at radius 1 is 0.828 bits per heavy atom. The second-order valence-corrected chi connectivity index (χ2v) is 27.1. The average Bonchev–Trinajstić information content (AvgIpc) is 1.63. The first-order valence-corrected chi connectivity index (χ1v) is 34.3. The van der Waals surface area contributed by atoms with Crippen LogP contribution in [0.1, 0.15) is 129 Å². The Morgan fingerprint density at radius 2 is 1.52 bits per heavy atom. The van der Waals surface area contributed by atoms with Crippen molar-refractivity contribution in [3.8, 4) is 5.75 Å². The van der Waals surface area contributed by atoms with Gasteiger partial charge in [-0.25, -0.2) is 0 Å². The number of likely N-dealkylation sites (tertiary alicyclic amines) is 1. The summed E-state index contributed by atoms with van der Waals surface area (Å²) in [5.41, 5.74) is 6.63. The predicted octanol–water partition coefficient (Wildman–Crippen LogP) is -1.45. The number of methoxy groups -OCH3 is 1. The van der Waals surface area contributed by atoms with Crippen molar-refractivity contribution in [2.75, 3.05) is 64.5 Å². The maximum atomic E-state index is 15.4. The van der Waals surface area contributed by atoms with Crippen molar-refractivity contribution in [1.29, 1.82) is 0 Å². The predicted molar refractivity (Wildman–Crippen MR) is 339 cm³/mol. The summed E-state index contributed by atoms with van der Waals surface area (Å²) in [5.74, 6) is -13.3. The molecule has 514 valence electrons. The van der Waals surface area contributed by atoms with E-state index < -0.39 is 188 Å². The molecule has 11 amide bonds. The van der Waals surface area contributed by atoms with Gasteiger partial charge < -0.3 is 72.9 Å². The number of thioether (sulfide) groups is 1. The first kappa shape index (κ1) is 74.7. The highest BCUT2D eigenvalue weighted by atomic mass is 32.2. The number of carbonyl (C=O) groups is 13. The molecular formula is C62H91N11O18S2. The zero-order valence-corrected chi connectivity index (χ0v) is 55.1. The van der Waals surface area contributed by atoms with Gasteiger partial charge in [0.15, 0.2) is 11.6 Å². The fraction of sp³-hybridized carbons (Fsp3) is 0.661. The minimum Gasteiger partial charge on any atom is -0.496 e. The van der Waals surface area contributed by atoms with Crippen molar-refractivity contribution >= 4 is 110 Å². The summed E-state index contributed by atoms with van der Waals surface area (Å²) < 4.78 is 21.2. The van der Waals surface area contributed by atoms with Gasteiger partial charge in [-0.3, -0.25) is 71.4 Å². The van der Waals surface area contributed by atoms with E-state index in [1.807, 2.05) is 0 Å². The van der Waals surface area contributed by atoms with Crippen molar-refractivity contribution in [2.45, 2.75) is 171 Å². The fourth-order valence-corrected chi connectivity index (χ4v) is 14.2. The van der Waals surface area contributed by atoms with Gasteiger partial charge in [0.05, 0.1) is 73.5 Å². The number of benzene rings is 1. The third-order valence-corrected chi connectivity index (χ3v) is 20.0. The van der Waals surface area contributed by atoms with Crippen LogP contribution in [0.2, 0.25) is 0 Å². The Balaban J connectivity index is 1.27. The molecular weight excluding hydrogens is 1250 g/mol. The molecule has 0 radical (unpaired) electrons. The molecule has 2 bridgehead atoms. The highest BCUT2D eigenvalue weighted by Gasteiger charge is 2.45. The van der Waals surface area contributed by atoms with Crippen molar-refractivity contribution in [1.82, 2.24) is 52.0 Å². The molecule has 6 rings (SSSR count). The smallest absolute Gasteiger partial charge is 0.246 e. The molecule has 2 fully saturated rings. The molecule has 4 aliphatic rings. The van der Waals surface area contributed by atoms with Crippen LogP contribution in [0.3, 0.4) is 0 Å². The topological polar surface area (TPSA) is 441 Å². The lowest BCUT2D eigenvalue weighted by molar-refractivity contribution is -0.144. The maximum Gasteiger partial charge on any atom is 0.246 e. The number of aliphatic hydroxyl groups excluding tert-OH is 3. The molecule has 2 unspecified atom stereocenters. The number of H-pyrrole nitrogens is 1. The molecule has 4 aliphatic heterocycles. The number of primary amides is 1. The number of aromatic amines is 1. The monoisotopic (exact) mass is 1340 g/mol. The van der Waals surface area contributed by atoms with Gasteiger partial charge in [-0.05, 0) is 55.7 Å². The quantitative estimate of drug-likeness (QED) is 0.0399. The molecule has 1 aromatic carbocycles. The van der Waals surface area contributed by atoms with E-state index in [9.17, 15) is 77.6 Å². The molecule has 0 aliphatic carbocycles. The van der Waals surface area contributed by atoms with Gasteiger partial charge in [-0.1, -0.05) is 47.0 Å². The van der Waals surface area contributed by atoms with Crippen LogP contribution in [0, 0.1) is 29.6 Å². The van der Waals surface area contributed by atoms with E-state index in [1.54, 1.807) is 32.9 Å². The standard InChI is InChI=1S/C62H91N11O18S2/c1-6-33(2)40-24-37(75)27-66-56(84)36-22-41-39-15-16-48(91-5)42(31-92-20-18-65-51(81)13-9-7-11-17-64-50(80)14-10-8-12-19-72-53(83)21-34(3)61(72)88)55(39)71-60(41)93(90)32-44(68-52(82)28-67-57(40)85)58(86)69-43(26-49(63)79)62(89)73-29-38(76)25-45(73)59(87)70-54(46(77)23-36)35(4)47(78)30-74/h15-16,33-36,38,40,43-45,47,54,71,74,76,78H,6-14,17-32H2,1-5H3,(H2,63,79)(H,64,80)(H,65,81)(H,66,84)(H,67,85)(H,68,82)(H,69,86)(H,70,87)/t33-,34?,35-,36+,38+,40-,43-,44-,45-,47-,54-,93?/m0/s1. The van der Waals surface area contributed by atoms with Gasteiger partial charge in [-0.2, -0.15) is 11.8 Å². The minimum absolute atomic E-state index is 0.0950. The van der Waals surface area contributed by atoms with Gasteiger partial charge >= 0.3 is 0 Å². The highest BCUT2D eigenvalue weighted by molar-refractivity contribution is 7.98. The molecule has 2 aromatic rings. The van der Waals surface area contributed by atoms with E-state index in [2.05, 4.69) is 42.2 Å². The summed E-state index contributed by atoms with van der Waals surface area (Å²) in [6.07, 6.45) is -0.754. The van der Waals surface area contributed by atoms with Gasteiger partial charge in [-0.15, -0.1) is 0 Å². The third-order valence-electron chi connectivity index (χ3n) is 17.6. The molecule has 0 spiro atoms. The number of fused-ring (bicyclic) bond motifs is 5. The highest BCUT2D eigenvalue weighted by Crippen LogP contribution is 2.37. The van der Waals surface area contributed by atoms with Crippen molar-refractivity contribution in [3.63, 3.8) is 0 Å². The molecule has 1 aromatic heterocycles. The van der Waals surface area contributed by atoms with E-state index in [4.69, 9.17) is 10.5 Å². The average molecular weight is 1340 g/mol. The Morgan fingerprint density at radius 3 is 2.17 bits per heavy atom. The van der Waals surface area contributed by atoms with Crippen LogP contribution in [0.25, 0.3) is 10.9 Å². The first-order valence-electron chi connectivity index (χ1n) is 31.9. The maximum absolute atomic E-state index is 15.4. The van der Waals surface area contributed by atoms with Crippen LogP contribution < -0.4 is 47.7 Å². The molecule has 29 nitrogen and oxygen atoms in total. The molecule has 13 N–H and O–H groups in total. The van der Waals surface area contributed by atoms with Crippen LogP contribution in [0.15, 0.2) is 17.2 Å². The first-order chi connectivity index (χ1) is 44.3. The molecule has 12 atom stereocenters. The number of amides is 11. The molecule has 2 saturated heterocycles. The SMILES string of the molecule is CC[C@H](C)[C@@H]1CC(=O)CNC(=O)[C@H]2CC(=O)[C@H]([C@@H](C)[C@@H](O)CO)NC(=O)[C@@H]3C[C@@H](O)CN3C(=O)[C@H](CC(N)=O)NC(=O)[C@H](CS(=O)c3[nH]c4c(CSCCNC(=O)CCCCCNC(=O)CCCCCN5C(=O)CC(C)C5=O)c(OC)ccc4c3C2)NC(=O)CNC1=O. The number of aromatic nitrogens is 1. The van der Waals surface area contributed by atoms with Crippen molar-refractivity contribution < 1.29 is 86.6 Å². The fourth-order valence-electron chi connectivity index (χ4n) is 12.0. The number of ketones is 2. The number of Topliss-reactive ketones (excluding diaryl/α,β-unsaturated/α-hetero) is 2. The van der Waals surface area contributed by atoms with Crippen LogP contribution >= 0.6 is 11.8 Å². The number of ether oxygens (including phenoxy) is 1. The van der Waals surface area contributed by atoms with Crippen LogP contribution in [0.5, 0.6) is 5.75 Å². The van der Waals surface area contributed by atoms with Crippen LogP contribution in [-0.2, 0) is 85.3 Å². The van der Waals surface area contributed by atoms with E-state index in [1.165, 1.54) is 30.7 Å². The van der Waals surface area contributed by atoms with E-state index in [0.717, 1.165) is 4.90 Å². The summed E-state index contributed by atoms with van der Waals surface area (Å²) in [7, 11) is -1.00. The summed E-state index contributed by atoms with van der Waals surface area (Å²) in [6, 6.07) is -3.75. The van der Waals surface area contributed by atoms with Crippen LogP contribution in [-0.4, -0.2) is 212 Å².